The van der Waals surface area contributed by atoms with Gasteiger partial charge >= 0.3 is 0 Å². The highest BCUT2D eigenvalue weighted by molar-refractivity contribution is 5.85. The zero-order chi connectivity index (χ0) is 9.14. The third kappa shape index (κ3) is 3.34. The van der Waals surface area contributed by atoms with E-state index < -0.39 is 24.3 Å². The van der Waals surface area contributed by atoms with Gasteiger partial charge < -0.3 is 10.8 Å². The van der Waals surface area contributed by atoms with Gasteiger partial charge in [0.1, 0.15) is 11.6 Å². The van der Waals surface area contributed by atoms with Crippen molar-refractivity contribution in [3.05, 3.63) is 29.6 Å². The van der Waals surface area contributed by atoms with Gasteiger partial charge in [-0.2, -0.15) is 0 Å². The number of hydrogen-bond donors (Lipinski definition) is 2. The Morgan fingerprint density at radius 2 is 1.71 bits per heavy atom. The molecular weight excluding hydrogens is 237 g/mol. The van der Waals surface area contributed by atoms with Crippen LogP contribution in [-0.4, -0.2) is 16.7 Å². The molecule has 0 aromatic carbocycles. The summed E-state index contributed by atoms with van der Waals surface area (Å²) in [6.45, 7) is -0.502. The molecule has 0 bridgehead atoms. The average Bonchev–Trinajstić information content (AvgIpc) is 2.03. The molecule has 14 heavy (non-hydrogen) atoms. The van der Waals surface area contributed by atoms with Crippen molar-refractivity contribution in [2.45, 2.75) is 6.04 Å². The molecule has 1 atom stereocenters. The SMILES string of the molecule is Cl.Cl.N[C@@H](CO)c1c(F)cncc1F. The second-order valence-electron chi connectivity index (χ2n) is 2.31. The Morgan fingerprint density at radius 3 is 2.07 bits per heavy atom. The predicted molar refractivity (Wildman–Crippen MR) is 52.7 cm³/mol. The Bertz CT molecular complexity index is 268. The van der Waals surface area contributed by atoms with Crippen LogP contribution in [0.1, 0.15) is 11.6 Å². The number of aliphatic hydroxyl groups excluding tert-OH is 1. The van der Waals surface area contributed by atoms with Gasteiger partial charge in [0.15, 0.2) is 0 Å². The van der Waals surface area contributed by atoms with Crippen LogP contribution < -0.4 is 5.73 Å². The number of nitrogens with two attached hydrogens (primary N) is 1. The Morgan fingerprint density at radius 1 is 1.29 bits per heavy atom. The van der Waals surface area contributed by atoms with Crippen molar-refractivity contribution < 1.29 is 13.9 Å². The highest BCUT2D eigenvalue weighted by Gasteiger charge is 2.15. The minimum absolute atomic E-state index is 0. The van der Waals surface area contributed by atoms with E-state index in [1.807, 2.05) is 0 Å². The fourth-order valence-corrected chi connectivity index (χ4v) is 0.867. The maximum atomic E-state index is 12.8. The largest absolute Gasteiger partial charge is 0.394 e. The van der Waals surface area contributed by atoms with Gasteiger partial charge in [0, 0.05) is 5.56 Å². The Labute approximate surface area is 92.2 Å². The molecule has 0 fully saturated rings. The van der Waals surface area contributed by atoms with E-state index in [1.54, 1.807) is 0 Å². The minimum Gasteiger partial charge on any atom is -0.394 e. The first-order chi connectivity index (χ1) is 5.66. The Balaban J connectivity index is 0. The highest BCUT2D eigenvalue weighted by Crippen LogP contribution is 2.16. The third-order valence-electron chi connectivity index (χ3n) is 1.46. The fourth-order valence-electron chi connectivity index (χ4n) is 0.867. The second-order valence-corrected chi connectivity index (χ2v) is 2.31. The van der Waals surface area contributed by atoms with E-state index in [1.165, 1.54) is 0 Å². The molecule has 0 radical (unpaired) electrons. The van der Waals surface area contributed by atoms with E-state index >= 15 is 0 Å². The van der Waals surface area contributed by atoms with Crippen LogP contribution in [0.15, 0.2) is 12.4 Å². The fraction of sp³-hybridized carbons (Fsp3) is 0.286. The summed E-state index contributed by atoms with van der Waals surface area (Å²) < 4.78 is 25.6. The predicted octanol–water partition coefficient (Wildman–Crippen LogP) is 1.20. The topological polar surface area (TPSA) is 59.1 Å². The van der Waals surface area contributed by atoms with Crippen LogP contribution in [0.3, 0.4) is 0 Å². The molecule has 0 amide bonds. The van der Waals surface area contributed by atoms with Gasteiger partial charge in [-0.15, -0.1) is 24.8 Å². The molecule has 0 saturated heterocycles. The highest BCUT2D eigenvalue weighted by atomic mass is 35.5. The molecule has 0 aliphatic heterocycles. The van der Waals surface area contributed by atoms with Gasteiger partial charge in [-0.3, -0.25) is 4.98 Å². The zero-order valence-corrected chi connectivity index (χ0v) is 8.62. The van der Waals surface area contributed by atoms with E-state index in [2.05, 4.69) is 4.98 Å². The number of halogens is 4. The molecule has 82 valence electrons. The number of aromatic nitrogens is 1. The van der Waals surface area contributed by atoms with E-state index in [-0.39, 0.29) is 30.4 Å². The summed E-state index contributed by atoms with van der Waals surface area (Å²) >= 11 is 0. The number of rotatable bonds is 2. The molecule has 0 saturated carbocycles. The lowest BCUT2D eigenvalue weighted by molar-refractivity contribution is 0.262. The lowest BCUT2D eigenvalue weighted by Crippen LogP contribution is -2.18. The van der Waals surface area contributed by atoms with Crippen LogP contribution in [0, 0.1) is 11.6 Å². The summed E-state index contributed by atoms with van der Waals surface area (Å²) in [4.78, 5) is 3.27. The van der Waals surface area contributed by atoms with Crippen LogP contribution in [0.2, 0.25) is 0 Å². The summed E-state index contributed by atoms with van der Waals surface area (Å²) in [7, 11) is 0. The molecule has 3 nitrogen and oxygen atoms in total. The van der Waals surface area contributed by atoms with Crippen LogP contribution in [0.5, 0.6) is 0 Å². The molecule has 1 rings (SSSR count). The van der Waals surface area contributed by atoms with E-state index in [9.17, 15) is 8.78 Å². The smallest absolute Gasteiger partial charge is 0.149 e. The van der Waals surface area contributed by atoms with Gasteiger partial charge in [0.2, 0.25) is 0 Å². The van der Waals surface area contributed by atoms with Crippen LogP contribution >= 0.6 is 24.8 Å². The molecule has 0 unspecified atom stereocenters. The van der Waals surface area contributed by atoms with Gasteiger partial charge in [0.05, 0.1) is 25.0 Å². The minimum atomic E-state index is -1.03. The lowest BCUT2D eigenvalue weighted by atomic mass is 10.1. The number of hydrogen-bond acceptors (Lipinski definition) is 3. The number of nitrogens with zero attached hydrogens (tertiary/aromatic N) is 1. The summed E-state index contributed by atoms with van der Waals surface area (Å²) in [5.74, 6) is -1.67. The summed E-state index contributed by atoms with van der Waals surface area (Å²) in [5.41, 5.74) is 4.91. The van der Waals surface area contributed by atoms with Crippen molar-refractivity contribution in [3.63, 3.8) is 0 Å². The normalized spacial score (nSPS) is 11.1. The van der Waals surface area contributed by atoms with Crippen LogP contribution in [0.25, 0.3) is 0 Å². The van der Waals surface area contributed by atoms with Crippen molar-refractivity contribution in [2.24, 2.45) is 5.73 Å². The molecule has 7 heteroatoms. The number of pyridine rings is 1. The molecule has 1 heterocycles. The zero-order valence-electron chi connectivity index (χ0n) is 6.98. The summed E-state index contributed by atoms with van der Waals surface area (Å²) in [5, 5.41) is 8.56. The van der Waals surface area contributed by atoms with Gasteiger partial charge in [-0.05, 0) is 0 Å². The van der Waals surface area contributed by atoms with Gasteiger partial charge in [-0.25, -0.2) is 8.78 Å². The Kier molecular flexibility index (Phi) is 7.85. The quantitative estimate of drug-likeness (QED) is 0.825. The molecule has 0 spiro atoms. The van der Waals surface area contributed by atoms with Crippen LogP contribution in [-0.2, 0) is 0 Å². The molecule has 1 aromatic rings. The average molecular weight is 247 g/mol. The molecule has 0 aliphatic carbocycles. The van der Waals surface area contributed by atoms with Gasteiger partial charge in [0.25, 0.3) is 0 Å². The molecule has 1 aromatic heterocycles. The lowest BCUT2D eigenvalue weighted by Gasteiger charge is -2.09. The van der Waals surface area contributed by atoms with Crippen molar-refractivity contribution in [1.82, 2.24) is 4.98 Å². The molecule has 0 aliphatic rings. The monoisotopic (exact) mass is 246 g/mol. The molecular formula is C7H10Cl2F2N2O. The van der Waals surface area contributed by atoms with Gasteiger partial charge in [-0.1, -0.05) is 0 Å². The number of aliphatic hydroxyl groups is 1. The maximum Gasteiger partial charge on any atom is 0.149 e. The van der Waals surface area contributed by atoms with Crippen molar-refractivity contribution in [2.75, 3.05) is 6.61 Å². The van der Waals surface area contributed by atoms with Crippen molar-refractivity contribution in [3.8, 4) is 0 Å². The van der Waals surface area contributed by atoms with E-state index in [0.29, 0.717) is 0 Å². The van der Waals surface area contributed by atoms with E-state index in [4.69, 9.17) is 10.8 Å². The van der Waals surface area contributed by atoms with Crippen LogP contribution in [0.4, 0.5) is 8.78 Å². The van der Waals surface area contributed by atoms with E-state index in [0.717, 1.165) is 12.4 Å². The first-order valence-electron chi connectivity index (χ1n) is 3.32. The Hall–Kier alpha value is -0.490. The first-order valence-corrected chi connectivity index (χ1v) is 3.32. The summed E-state index contributed by atoms with van der Waals surface area (Å²) in [6.07, 6.45) is 1.71. The van der Waals surface area contributed by atoms with Crippen molar-refractivity contribution >= 4 is 24.8 Å². The summed E-state index contributed by atoms with van der Waals surface area (Å²) in [6, 6.07) is -1.03. The maximum absolute atomic E-state index is 12.8. The van der Waals surface area contributed by atoms with Crippen molar-refractivity contribution in [1.29, 1.82) is 0 Å². The molecule has 3 N–H and O–H groups in total. The first kappa shape index (κ1) is 16.0. The third-order valence-corrected chi connectivity index (χ3v) is 1.46. The second kappa shape index (κ2) is 6.89. The standard InChI is InChI=1S/C7H8F2N2O.2ClH/c8-4-1-11-2-5(9)7(4)6(10)3-12;;/h1-2,6,12H,3,10H2;2*1H/t6-;;/m0../s1.